The Labute approximate surface area is 148 Å². The summed E-state index contributed by atoms with van der Waals surface area (Å²) in [6.45, 7) is 0.684. The van der Waals surface area contributed by atoms with Gasteiger partial charge in [0, 0.05) is 19.7 Å². The average molecular weight is 354 g/mol. The van der Waals surface area contributed by atoms with E-state index >= 15 is 0 Å². The van der Waals surface area contributed by atoms with Gasteiger partial charge in [-0.25, -0.2) is 9.67 Å². The van der Waals surface area contributed by atoms with E-state index in [0.717, 1.165) is 34.5 Å². The standard InChI is InChI=1S/C18H18N4O2S/c1-21-16(23)10-9-13(20-21)18(24)22-11-5-4-7-14(22)17-19-12-6-2-3-8-15(12)25-17/h2-3,6,8-10,14H,4-5,7,11H2,1H3. The average Bonchev–Trinajstić information content (AvgIpc) is 3.07. The second kappa shape index (κ2) is 6.40. The third-order valence-electron chi connectivity index (χ3n) is 4.54. The van der Waals surface area contributed by atoms with Gasteiger partial charge in [-0.1, -0.05) is 12.1 Å². The van der Waals surface area contributed by atoms with Crippen molar-refractivity contribution in [3.63, 3.8) is 0 Å². The van der Waals surface area contributed by atoms with Gasteiger partial charge in [0.25, 0.3) is 11.5 Å². The predicted octanol–water partition coefficient (Wildman–Crippen LogP) is 2.76. The van der Waals surface area contributed by atoms with Crippen molar-refractivity contribution in [3.05, 3.63) is 57.5 Å². The van der Waals surface area contributed by atoms with Crippen molar-refractivity contribution in [2.24, 2.45) is 7.05 Å². The largest absolute Gasteiger partial charge is 0.328 e. The van der Waals surface area contributed by atoms with Gasteiger partial charge in [0.1, 0.15) is 10.7 Å². The van der Waals surface area contributed by atoms with Crippen molar-refractivity contribution in [1.29, 1.82) is 0 Å². The number of likely N-dealkylation sites (tertiary alicyclic amines) is 1. The van der Waals surface area contributed by atoms with Gasteiger partial charge in [0.2, 0.25) is 0 Å². The van der Waals surface area contributed by atoms with Crippen LogP contribution >= 0.6 is 11.3 Å². The maximum atomic E-state index is 13.0. The molecule has 7 heteroatoms. The van der Waals surface area contributed by atoms with Gasteiger partial charge >= 0.3 is 0 Å². The van der Waals surface area contributed by atoms with Crippen LogP contribution in [0.5, 0.6) is 0 Å². The summed E-state index contributed by atoms with van der Waals surface area (Å²) in [4.78, 5) is 31.1. The molecule has 6 nitrogen and oxygen atoms in total. The Morgan fingerprint density at radius 1 is 1.20 bits per heavy atom. The molecule has 1 fully saturated rings. The number of para-hydroxylation sites is 1. The lowest BCUT2D eigenvalue weighted by Crippen LogP contribution is -2.39. The van der Waals surface area contributed by atoms with E-state index in [1.165, 1.54) is 16.8 Å². The number of fused-ring (bicyclic) bond motifs is 1. The van der Waals surface area contributed by atoms with Crippen molar-refractivity contribution in [1.82, 2.24) is 19.7 Å². The lowest BCUT2D eigenvalue weighted by atomic mass is 10.0. The first kappa shape index (κ1) is 16.0. The van der Waals surface area contributed by atoms with Crippen LogP contribution in [-0.4, -0.2) is 32.1 Å². The summed E-state index contributed by atoms with van der Waals surface area (Å²) >= 11 is 1.65. The molecular weight excluding hydrogens is 336 g/mol. The number of benzene rings is 1. The fourth-order valence-electron chi connectivity index (χ4n) is 3.23. The van der Waals surface area contributed by atoms with E-state index in [2.05, 4.69) is 11.2 Å². The molecule has 1 saturated heterocycles. The Hall–Kier alpha value is -2.54. The molecule has 0 aliphatic carbocycles. The molecule has 1 aliphatic rings. The van der Waals surface area contributed by atoms with Crippen molar-refractivity contribution < 1.29 is 4.79 Å². The van der Waals surface area contributed by atoms with E-state index in [-0.39, 0.29) is 17.5 Å². The fraction of sp³-hybridized carbons (Fsp3) is 0.333. The highest BCUT2D eigenvalue weighted by Gasteiger charge is 2.31. The Kier molecular flexibility index (Phi) is 4.09. The zero-order valence-corrected chi connectivity index (χ0v) is 14.7. The van der Waals surface area contributed by atoms with E-state index in [1.54, 1.807) is 18.4 Å². The lowest BCUT2D eigenvalue weighted by Gasteiger charge is -2.34. The molecule has 2 aromatic heterocycles. The van der Waals surface area contributed by atoms with Crippen LogP contribution in [0.4, 0.5) is 0 Å². The molecule has 0 bridgehead atoms. The van der Waals surface area contributed by atoms with Crippen LogP contribution in [0.2, 0.25) is 0 Å². The van der Waals surface area contributed by atoms with E-state index in [9.17, 15) is 9.59 Å². The smallest absolute Gasteiger partial charge is 0.274 e. The van der Waals surface area contributed by atoms with E-state index in [0.29, 0.717) is 12.2 Å². The summed E-state index contributed by atoms with van der Waals surface area (Å²) in [5, 5.41) is 5.09. The summed E-state index contributed by atoms with van der Waals surface area (Å²) in [6.07, 6.45) is 2.95. The monoisotopic (exact) mass is 354 g/mol. The second-order valence-electron chi connectivity index (χ2n) is 6.21. The van der Waals surface area contributed by atoms with Crippen molar-refractivity contribution in [3.8, 4) is 0 Å². The molecule has 1 atom stereocenters. The highest BCUT2D eigenvalue weighted by molar-refractivity contribution is 7.18. The van der Waals surface area contributed by atoms with Crippen molar-refractivity contribution in [2.45, 2.75) is 25.3 Å². The van der Waals surface area contributed by atoms with Gasteiger partial charge in [-0.3, -0.25) is 9.59 Å². The van der Waals surface area contributed by atoms with Crippen LogP contribution in [0, 0.1) is 0 Å². The summed E-state index contributed by atoms with van der Waals surface area (Å²) < 4.78 is 2.33. The molecule has 3 aromatic rings. The zero-order chi connectivity index (χ0) is 17.4. The molecule has 1 amide bonds. The molecular formula is C18H18N4O2S. The predicted molar refractivity (Wildman–Crippen MR) is 96.7 cm³/mol. The quantitative estimate of drug-likeness (QED) is 0.710. The number of hydrogen-bond donors (Lipinski definition) is 0. The van der Waals surface area contributed by atoms with Crippen LogP contribution in [0.25, 0.3) is 10.2 Å². The first-order valence-electron chi connectivity index (χ1n) is 8.34. The molecule has 1 aliphatic heterocycles. The minimum absolute atomic E-state index is 0.0299. The van der Waals surface area contributed by atoms with Gasteiger partial charge in [-0.15, -0.1) is 11.3 Å². The Bertz CT molecular complexity index is 961. The summed E-state index contributed by atoms with van der Waals surface area (Å²) in [5.74, 6) is -0.139. The molecule has 0 radical (unpaired) electrons. The van der Waals surface area contributed by atoms with Crippen LogP contribution in [0.3, 0.4) is 0 Å². The van der Waals surface area contributed by atoms with Crippen molar-refractivity contribution >= 4 is 27.5 Å². The van der Waals surface area contributed by atoms with E-state index in [1.807, 2.05) is 23.1 Å². The van der Waals surface area contributed by atoms with Crippen molar-refractivity contribution in [2.75, 3.05) is 6.54 Å². The molecule has 0 spiro atoms. The van der Waals surface area contributed by atoms with Crippen LogP contribution in [0.15, 0.2) is 41.2 Å². The van der Waals surface area contributed by atoms with Gasteiger partial charge < -0.3 is 4.90 Å². The number of amides is 1. The number of aromatic nitrogens is 3. The van der Waals surface area contributed by atoms with Crippen LogP contribution < -0.4 is 5.56 Å². The highest BCUT2D eigenvalue weighted by Crippen LogP contribution is 2.36. The maximum absolute atomic E-state index is 13.0. The first-order chi connectivity index (χ1) is 12.1. The van der Waals surface area contributed by atoms with Gasteiger partial charge in [0.05, 0.1) is 16.3 Å². The minimum Gasteiger partial charge on any atom is -0.328 e. The lowest BCUT2D eigenvalue weighted by molar-refractivity contribution is 0.0602. The molecule has 0 N–H and O–H groups in total. The van der Waals surface area contributed by atoms with Gasteiger partial charge in [0.15, 0.2) is 0 Å². The second-order valence-corrected chi connectivity index (χ2v) is 7.27. The molecule has 1 aromatic carbocycles. The summed E-state index contributed by atoms with van der Waals surface area (Å²) in [7, 11) is 1.56. The number of carbonyl (C=O) groups excluding carboxylic acids is 1. The number of hydrogen-bond acceptors (Lipinski definition) is 5. The Balaban J connectivity index is 1.69. The molecule has 4 rings (SSSR count). The van der Waals surface area contributed by atoms with Crippen LogP contribution in [-0.2, 0) is 7.05 Å². The zero-order valence-electron chi connectivity index (χ0n) is 13.9. The third kappa shape index (κ3) is 2.95. The highest BCUT2D eigenvalue weighted by atomic mass is 32.1. The molecule has 128 valence electrons. The van der Waals surface area contributed by atoms with E-state index in [4.69, 9.17) is 4.98 Å². The minimum atomic E-state index is -0.224. The maximum Gasteiger partial charge on any atom is 0.274 e. The number of nitrogens with zero attached hydrogens (tertiary/aromatic N) is 4. The first-order valence-corrected chi connectivity index (χ1v) is 9.16. The topological polar surface area (TPSA) is 68.1 Å². The summed E-state index contributed by atoms with van der Waals surface area (Å²) in [5.41, 5.74) is 1.05. The number of carbonyl (C=O) groups is 1. The Morgan fingerprint density at radius 2 is 2.04 bits per heavy atom. The number of piperidine rings is 1. The number of rotatable bonds is 2. The Morgan fingerprint density at radius 3 is 2.84 bits per heavy atom. The molecule has 3 heterocycles. The van der Waals surface area contributed by atoms with Crippen LogP contribution in [0.1, 0.15) is 40.8 Å². The summed E-state index contributed by atoms with van der Waals surface area (Å²) in [6, 6.07) is 10.9. The number of thiazole rings is 1. The third-order valence-corrected chi connectivity index (χ3v) is 5.68. The molecule has 25 heavy (non-hydrogen) atoms. The fourth-order valence-corrected chi connectivity index (χ4v) is 4.34. The van der Waals surface area contributed by atoms with E-state index < -0.39 is 0 Å². The van der Waals surface area contributed by atoms with Gasteiger partial charge in [-0.2, -0.15) is 5.10 Å². The molecule has 1 unspecified atom stereocenters. The SMILES string of the molecule is Cn1nc(C(=O)N2CCCCC2c2nc3ccccc3s2)ccc1=O. The molecule has 0 saturated carbocycles. The number of aryl methyl sites for hydroxylation is 1. The normalized spacial score (nSPS) is 17.8. The van der Waals surface area contributed by atoms with Gasteiger partial charge in [-0.05, 0) is 37.5 Å².